The Kier molecular flexibility index (Phi) is 6.57. The van der Waals surface area contributed by atoms with Gasteiger partial charge < -0.3 is 14.6 Å². The van der Waals surface area contributed by atoms with Gasteiger partial charge in [-0.15, -0.1) is 0 Å². The molecule has 9 heteroatoms. The summed E-state index contributed by atoms with van der Waals surface area (Å²) in [6.07, 6.45) is 1.15. The van der Waals surface area contributed by atoms with Crippen LogP contribution in [0.1, 0.15) is 43.0 Å². The number of hydrogen-bond donors (Lipinski definition) is 1. The molecule has 3 amide bonds. The molecule has 0 aliphatic carbocycles. The van der Waals surface area contributed by atoms with E-state index in [4.69, 9.17) is 9.72 Å². The highest BCUT2D eigenvalue weighted by molar-refractivity contribution is 6.10. The number of ether oxygens (including phenoxy) is 1. The molecule has 2 aliphatic rings. The van der Waals surface area contributed by atoms with Gasteiger partial charge in [0.2, 0.25) is 17.7 Å². The van der Waals surface area contributed by atoms with Crippen LogP contribution in [0.5, 0.6) is 0 Å². The minimum atomic E-state index is -1.57. The number of H-pyrrole nitrogens is 1. The standard InChI is InChI=1S/C27H29FN4O4/c1-36-14-13-32-24(34)16-27(26(32)35,19-8-2-3-9-20(19)28)15-23(33)31-12-6-7-18(17-31)25-29-21-10-4-5-11-22(21)30-25/h2-5,8-11,18H,6-7,12-17H2,1H3,(H,29,30)/t18-,27+/m0/s1. The van der Waals surface area contributed by atoms with Crippen molar-refractivity contribution in [3.63, 3.8) is 0 Å². The molecule has 2 saturated heterocycles. The van der Waals surface area contributed by atoms with Gasteiger partial charge in [-0.1, -0.05) is 30.3 Å². The molecular formula is C27H29FN4O4. The largest absolute Gasteiger partial charge is 0.383 e. The van der Waals surface area contributed by atoms with Crippen molar-refractivity contribution in [2.24, 2.45) is 0 Å². The molecule has 5 rings (SSSR count). The fraction of sp³-hybridized carbons (Fsp3) is 0.407. The van der Waals surface area contributed by atoms with Crippen LogP contribution >= 0.6 is 0 Å². The molecule has 2 aliphatic heterocycles. The summed E-state index contributed by atoms with van der Waals surface area (Å²) in [6, 6.07) is 13.7. The van der Waals surface area contributed by atoms with Crippen molar-refractivity contribution < 1.29 is 23.5 Å². The van der Waals surface area contributed by atoms with E-state index in [2.05, 4.69) is 4.98 Å². The van der Waals surface area contributed by atoms with Gasteiger partial charge in [-0.3, -0.25) is 19.3 Å². The smallest absolute Gasteiger partial charge is 0.241 e. The second-order valence-electron chi connectivity index (χ2n) is 9.58. The first-order valence-corrected chi connectivity index (χ1v) is 12.2. The number of benzene rings is 2. The Balaban J connectivity index is 1.41. The number of rotatable bonds is 7. The molecule has 0 saturated carbocycles. The van der Waals surface area contributed by atoms with Crippen molar-refractivity contribution in [2.45, 2.75) is 37.0 Å². The van der Waals surface area contributed by atoms with Crippen LogP contribution in [0.2, 0.25) is 0 Å². The van der Waals surface area contributed by atoms with Crippen molar-refractivity contribution in [2.75, 3.05) is 33.4 Å². The van der Waals surface area contributed by atoms with E-state index in [0.29, 0.717) is 13.1 Å². The van der Waals surface area contributed by atoms with Crippen LogP contribution in [0.4, 0.5) is 4.39 Å². The zero-order chi connectivity index (χ0) is 25.3. The summed E-state index contributed by atoms with van der Waals surface area (Å²) in [5.74, 6) is -0.984. The summed E-state index contributed by atoms with van der Waals surface area (Å²) in [5.41, 5.74) is 0.336. The second kappa shape index (κ2) is 9.81. The van der Waals surface area contributed by atoms with E-state index < -0.39 is 23.0 Å². The molecule has 2 aromatic carbocycles. The van der Waals surface area contributed by atoms with Crippen molar-refractivity contribution >= 4 is 28.8 Å². The topological polar surface area (TPSA) is 95.6 Å². The fourth-order valence-corrected chi connectivity index (χ4v) is 5.47. The first-order chi connectivity index (χ1) is 17.4. The van der Waals surface area contributed by atoms with Crippen molar-refractivity contribution in [1.82, 2.24) is 19.8 Å². The fourth-order valence-electron chi connectivity index (χ4n) is 5.47. The third kappa shape index (κ3) is 4.28. The number of nitrogens with one attached hydrogen (secondary N) is 1. The number of likely N-dealkylation sites (tertiary alicyclic amines) is 2. The van der Waals surface area contributed by atoms with Crippen LogP contribution in [0, 0.1) is 5.82 Å². The van der Waals surface area contributed by atoms with Gasteiger partial charge in [0.15, 0.2) is 0 Å². The van der Waals surface area contributed by atoms with E-state index in [1.54, 1.807) is 11.0 Å². The number of methoxy groups -OCH3 is 1. The third-order valence-corrected chi connectivity index (χ3v) is 7.34. The van der Waals surface area contributed by atoms with Crippen molar-refractivity contribution in [1.29, 1.82) is 0 Å². The summed E-state index contributed by atoms with van der Waals surface area (Å²) < 4.78 is 20.0. The average molecular weight is 493 g/mol. The molecule has 3 aromatic rings. The second-order valence-corrected chi connectivity index (χ2v) is 9.58. The van der Waals surface area contributed by atoms with Gasteiger partial charge in [-0.25, -0.2) is 9.37 Å². The predicted molar refractivity (Wildman–Crippen MR) is 131 cm³/mol. The number of halogens is 1. The number of imidazole rings is 1. The molecule has 2 fully saturated rings. The maximum absolute atomic E-state index is 15.0. The maximum atomic E-state index is 15.0. The third-order valence-electron chi connectivity index (χ3n) is 7.34. The molecule has 0 unspecified atom stereocenters. The summed E-state index contributed by atoms with van der Waals surface area (Å²) in [7, 11) is 1.48. The first-order valence-electron chi connectivity index (χ1n) is 12.2. The van der Waals surface area contributed by atoms with E-state index in [-0.39, 0.29) is 43.4 Å². The van der Waals surface area contributed by atoms with Gasteiger partial charge in [0.1, 0.15) is 11.6 Å². The summed E-state index contributed by atoms with van der Waals surface area (Å²) >= 11 is 0. The highest BCUT2D eigenvalue weighted by atomic mass is 19.1. The first kappa shape index (κ1) is 24.1. The Bertz CT molecular complexity index is 1270. The number of carbonyl (C=O) groups excluding carboxylic acids is 3. The quantitative estimate of drug-likeness (QED) is 0.512. The molecule has 8 nitrogen and oxygen atoms in total. The molecule has 188 valence electrons. The lowest BCUT2D eigenvalue weighted by Gasteiger charge is -2.35. The van der Waals surface area contributed by atoms with Crippen LogP contribution in [0.3, 0.4) is 0 Å². The molecule has 36 heavy (non-hydrogen) atoms. The highest BCUT2D eigenvalue weighted by Gasteiger charge is 2.55. The summed E-state index contributed by atoms with van der Waals surface area (Å²) in [5, 5.41) is 0. The van der Waals surface area contributed by atoms with E-state index >= 15 is 0 Å². The van der Waals surface area contributed by atoms with Crippen LogP contribution < -0.4 is 0 Å². The average Bonchev–Trinajstić information content (AvgIpc) is 3.42. The number of carbonyl (C=O) groups is 3. The van der Waals surface area contributed by atoms with E-state index in [1.165, 1.54) is 25.3 Å². The SMILES string of the molecule is COCCN1C(=O)C[C@](CC(=O)N2CCC[C@H](c3nc4ccccc4[nH]3)C2)(c2ccccc2F)C1=O. The van der Waals surface area contributed by atoms with Gasteiger partial charge >= 0.3 is 0 Å². The maximum Gasteiger partial charge on any atom is 0.241 e. The number of hydrogen-bond acceptors (Lipinski definition) is 5. The van der Waals surface area contributed by atoms with Gasteiger partial charge in [-0.05, 0) is 31.0 Å². The van der Waals surface area contributed by atoms with E-state index in [1.807, 2.05) is 24.3 Å². The number of aromatic nitrogens is 2. The van der Waals surface area contributed by atoms with Crippen LogP contribution in [0.15, 0.2) is 48.5 Å². The van der Waals surface area contributed by atoms with Crippen molar-refractivity contribution in [3.05, 3.63) is 65.7 Å². The lowest BCUT2D eigenvalue weighted by atomic mass is 9.75. The van der Waals surface area contributed by atoms with Gasteiger partial charge in [0.25, 0.3) is 0 Å². The molecule has 0 bridgehead atoms. The van der Waals surface area contributed by atoms with E-state index in [9.17, 15) is 18.8 Å². The van der Waals surface area contributed by atoms with Crippen LogP contribution in [-0.2, 0) is 24.5 Å². The normalized spacial score (nSPS) is 22.6. The Morgan fingerprint density at radius 2 is 1.97 bits per heavy atom. The number of amides is 3. The van der Waals surface area contributed by atoms with Crippen LogP contribution in [-0.4, -0.2) is 70.8 Å². The molecular weight excluding hydrogens is 463 g/mol. The number of piperidine rings is 1. The van der Waals surface area contributed by atoms with Crippen LogP contribution in [0.25, 0.3) is 11.0 Å². The molecule has 1 aromatic heterocycles. The van der Waals surface area contributed by atoms with Gasteiger partial charge in [-0.2, -0.15) is 0 Å². The zero-order valence-electron chi connectivity index (χ0n) is 20.2. The monoisotopic (exact) mass is 492 g/mol. The predicted octanol–water partition coefficient (Wildman–Crippen LogP) is 3.14. The Morgan fingerprint density at radius 1 is 1.19 bits per heavy atom. The number of nitrogens with zero attached hydrogens (tertiary/aromatic N) is 3. The number of aromatic amines is 1. The number of para-hydroxylation sites is 2. The summed E-state index contributed by atoms with van der Waals surface area (Å²) in [6.45, 7) is 1.22. The minimum Gasteiger partial charge on any atom is -0.383 e. The molecule has 0 spiro atoms. The number of imide groups is 1. The number of fused-ring (bicyclic) bond motifs is 1. The highest BCUT2D eigenvalue weighted by Crippen LogP contribution is 2.42. The molecule has 0 radical (unpaired) electrons. The van der Waals surface area contributed by atoms with E-state index in [0.717, 1.165) is 34.6 Å². The Morgan fingerprint density at radius 3 is 2.75 bits per heavy atom. The molecule has 1 N–H and O–H groups in total. The zero-order valence-corrected chi connectivity index (χ0v) is 20.2. The lowest BCUT2D eigenvalue weighted by Crippen LogP contribution is -2.46. The summed E-state index contributed by atoms with van der Waals surface area (Å²) in [4.78, 5) is 51.0. The Hall–Kier alpha value is -3.59. The molecule has 3 heterocycles. The lowest BCUT2D eigenvalue weighted by molar-refractivity contribution is -0.143. The minimum absolute atomic E-state index is 0.0265. The molecule has 2 atom stereocenters. The van der Waals surface area contributed by atoms with Gasteiger partial charge in [0.05, 0.1) is 29.6 Å². The van der Waals surface area contributed by atoms with Gasteiger partial charge in [0, 0.05) is 44.5 Å². The van der Waals surface area contributed by atoms with Crippen molar-refractivity contribution in [3.8, 4) is 0 Å². The Labute approximate surface area is 208 Å².